The fourth-order valence-corrected chi connectivity index (χ4v) is 4.58. The standard InChI is InChI=1S/C24H18INS/c1-26-23(19-15-9-4-10-16-19)21(18-13-7-3-8-14-18)20(22(25)24(26)27)17-11-5-2-6-12-17/h2-16H,1H3. The molecule has 4 rings (SSSR count). The van der Waals surface area contributed by atoms with Crippen molar-refractivity contribution < 1.29 is 0 Å². The maximum atomic E-state index is 5.83. The van der Waals surface area contributed by atoms with E-state index < -0.39 is 0 Å². The monoisotopic (exact) mass is 479 g/mol. The Bertz CT molecular complexity index is 1060. The molecule has 27 heavy (non-hydrogen) atoms. The van der Waals surface area contributed by atoms with Crippen molar-refractivity contribution >= 4 is 34.8 Å². The predicted molar refractivity (Wildman–Crippen MR) is 125 cm³/mol. The second kappa shape index (κ2) is 7.79. The molecule has 3 heteroatoms. The van der Waals surface area contributed by atoms with Crippen molar-refractivity contribution in [3.8, 4) is 33.5 Å². The number of pyridine rings is 1. The van der Waals surface area contributed by atoms with Gasteiger partial charge < -0.3 is 4.57 Å². The third-order valence-corrected chi connectivity index (χ3v) is 6.60. The molecule has 0 bridgehead atoms. The summed E-state index contributed by atoms with van der Waals surface area (Å²) in [5.74, 6) is 0. The first-order valence-corrected chi connectivity index (χ1v) is 10.3. The highest BCUT2D eigenvalue weighted by atomic mass is 127. The molecule has 0 N–H and O–H groups in total. The van der Waals surface area contributed by atoms with Gasteiger partial charge in [-0.05, 0) is 39.3 Å². The normalized spacial score (nSPS) is 10.7. The Kier molecular flexibility index (Phi) is 5.23. The lowest BCUT2D eigenvalue weighted by Gasteiger charge is -2.22. The smallest absolute Gasteiger partial charge is 0.120 e. The maximum absolute atomic E-state index is 5.83. The van der Waals surface area contributed by atoms with Crippen molar-refractivity contribution in [3.63, 3.8) is 0 Å². The van der Waals surface area contributed by atoms with Gasteiger partial charge in [-0.3, -0.25) is 0 Å². The number of hydrogen-bond acceptors (Lipinski definition) is 1. The fourth-order valence-electron chi connectivity index (χ4n) is 3.45. The Balaban J connectivity index is 2.20. The quantitative estimate of drug-likeness (QED) is 0.220. The van der Waals surface area contributed by atoms with E-state index in [9.17, 15) is 0 Å². The molecule has 4 aromatic rings. The molecule has 132 valence electrons. The van der Waals surface area contributed by atoms with Crippen LogP contribution in [0, 0.1) is 8.21 Å². The predicted octanol–water partition coefficient (Wildman–Crippen LogP) is 7.36. The first-order chi connectivity index (χ1) is 13.2. The van der Waals surface area contributed by atoms with Crippen molar-refractivity contribution in [1.29, 1.82) is 0 Å². The van der Waals surface area contributed by atoms with E-state index in [-0.39, 0.29) is 0 Å². The third-order valence-electron chi connectivity index (χ3n) is 4.71. The van der Waals surface area contributed by atoms with Crippen LogP contribution in [0.2, 0.25) is 0 Å². The van der Waals surface area contributed by atoms with E-state index in [0.29, 0.717) is 0 Å². The molecule has 0 unspecified atom stereocenters. The van der Waals surface area contributed by atoms with Crippen LogP contribution in [0.25, 0.3) is 33.5 Å². The van der Waals surface area contributed by atoms with Gasteiger partial charge in [0.05, 0.1) is 9.26 Å². The Morgan fingerprint density at radius 2 is 1.04 bits per heavy atom. The number of aromatic nitrogens is 1. The zero-order valence-electron chi connectivity index (χ0n) is 14.9. The summed E-state index contributed by atoms with van der Waals surface area (Å²) >= 11 is 8.23. The van der Waals surface area contributed by atoms with Gasteiger partial charge in [0.2, 0.25) is 0 Å². The summed E-state index contributed by atoms with van der Waals surface area (Å²) in [7, 11) is 2.06. The van der Waals surface area contributed by atoms with Crippen LogP contribution < -0.4 is 0 Å². The van der Waals surface area contributed by atoms with Gasteiger partial charge in [-0.1, -0.05) is 103 Å². The minimum atomic E-state index is 0.855. The molecule has 1 nitrogen and oxygen atoms in total. The van der Waals surface area contributed by atoms with Crippen LogP contribution >= 0.6 is 34.8 Å². The first kappa shape index (κ1) is 18.1. The maximum Gasteiger partial charge on any atom is 0.120 e. The summed E-state index contributed by atoms with van der Waals surface area (Å²) in [6.45, 7) is 0. The summed E-state index contributed by atoms with van der Waals surface area (Å²) < 4.78 is 4.10. The third kappa shape index (κ3) is 3.37. The fraction of sp³-hybridized carbons (Fsp3) is 0.0417. The van der Waals surface area contributed by atoms with Gasteiger partial charge in [0.1, 0.15) is 4.64 Å². The lowest BCUT2D eigenvalue weighted by molar-refractivity contribution is 0.894. The minimum absolute atomic E-state index is 0.855. The number of nitrogens with zero attached hydrogens (tertiary/aromatic N) is 1. The molecule has 1 heterocycles. The van der Waals surface area contributed by atoms with Gasteiger partial charge in [0.15, 0.2) is 0 Å². The van der Waals surface area contributed by atoms with Crippen molar-refractivity contribution in [2.24, 2.45) is 7.05 Å². The number of hydrogen-bond donors (Lipinski definition) is 0. The Morgan fingerprint density at radius 3 is 1.52 bits per heavy atom. The highest BCUT2D eigenvalue weighted by Gasteiger charge is 2.20. The Hall–Kier alpha value is -2.24. The van der Waals surface area contributed by atoms with Gasteiger partial charge in [-0.25, -0.2) is 0 Å². The number of rotatable bonds is 3. The van der Waals surface area contributed by atoms with Crippen LogP contribution in [0.15, 0.2) is 91.0 Å². The van der Waals surface area contributed by atoms with E-state index >= 15 is 0 Å². The van der Waals surface area contributed by atoms with Crippen LogP contribution in [0.4, 0.5) is 0 Å². The molecule has 0 aliphatic rings. The van der Waals surface area contributed by atoms with Crippen LogP contribution in [-0.4, -0.2) is 4.57 Å². The number of benzene rings is 3. The van der Waals surface area contributed by atoms with Crippen molar-refractivity contribution in [3.05, 3.63) is 99.2 Å². The molecule has 3 aromatic carbocycles. The molecule has 0 amide bonds. The topological polar surface area (TPSA) is 4.93 Å². The van der Waals surface area contributed by atoms with E-state index in [2.05, 4.69) is 113 Å². The average Bonchev–Trinajstić information content (AvgIpc) is 2.73. The highest BCUT2D eigenvalue weighted by molar-refractivity contribution is 14.1. The second-order valence-corrected chi connectivity index (χ2v) is 7.84. The van der Waals surface area contributed by atoms with E-state index in [1.54, 1.807) is 0 Å². The number of halogens is 1. The molecule has 0 aliphatic heterocycles. The zero-order valence-corrected chi connectivity index (χ0v) is 17.9. The summed E-state index contributed by atoms with van der Waals surface area (Å²) in [5.41, 5.74) is 7.10. The Labute approximate surface area is 178 Å². The van der Waals surface area contributed by atoms with Crippen LogP contribution in [0.1, 0.15) is 0 Å². The van der Waals surface area contributed by atoms with Crippen LogP contribution in [0.5, 0.6) is 0 Å². The zero-order chi connectivity index (χ0) is 18.8. The average molecular weight is 479 g/mol. The second-order valence-electron chi connectivity index (χ2n) is 6.37. The SMILES string of the molecule is Cn1c(-c2ccccc2)c(-c2ccccc2)c(-c2ccccc2)c(I)c1=S. The molecular weight excluding hydrogens is 461 g/mol. The molecule has 0 saturated heterocycles. The molecule has 0 spiro atoms. The molecule has 0 fully saturated rings. The molecule has 0 atom stereocenters. The van der Waals surface area contributed by atoms with E-state index in [1.807, 2.05) is 12.1 Å². The van der Waals surface area contributed by atoms with Gasteiger partial charge in [0.25, 0.3) is 0 Å². The summed E-state index contributed by atoms with van der Waals surface area (Å²) in [5, 5.41) is 0. The lowest BCUT2D eigenvalue weighted by Crippen LogP contribution is -2.06. The van der Waals surface area contributed by atoms with E-state index in [1.165, 1.54) is 27.8 Å². The van der Waals surface area contributed by atoms with E-state index in [0.717, 1.165) is 13.9 Å². The van der Waals surface area contributed by atoms with Crippen molar-refractivity contribution in [1.82, 2.24) is 4.57 Å². The Morgan fingerprint density at radius 1 is 0.630 bits per heavy atom. The summed E-state index contributed by atoms with van der Waals surface area (Å²) in [6.07, 6.45) is 0. The van der Waals surface area contributed by atoms with Gasteiger partial charge in [-0.15, -0.1) is 0 Å². The van der Waals surface area contributed by atoms with Gasteiger partial charge >= 0.3 is 0 Å². The van der Waals surface area contributed by atoms with Crippen molar-refractivity contribution in [2.75, 3.05) is 0 Å². The minimum Gasteiger partial charge on any atom is -0.334 e. The largest absolute Gasteiger partial charge is 0.334 e. The molecule has 0 saturated carbocycles. The van der Waals surface area contributed by atoms with E-state index in [4.69, 9.17) is 12.2 Å². The van der Waals surface area contributed by atoms with Gasteiger partial charge in [-0.2, -0.15) is 0 Å². The highest BCUT2D eigenvalue weighted by Crippen LogP contribution is 2.42. The first-order valence-electron chi connectivity index (χ1n) is 8.77. The van der Waals surface area contributed by atoms with Crippen molar-refractivity contribution in [2.45, 2.75) is 0 Å². The molecule has 1 aromatic heterocycles. The molecule has 0 radical (unpaired) electrons. The van der Waals surface area contributed by atoms with Crippen LogP contribution in [0.3, 0.4) is 0 Å². The molecule has 0 aliphatic carbocycles. The summed E-state index contributed by atoms with van der Waals surface area (Å²) in [4.78, 5) is 0. The molecular formula is C24H18INS. The lowest BCUT2D eigenvalue weighted by atomic mass is 9.91. The van der Waals surface area contributed by atoms with Gasteiger partial charge in [0, 0.05) is 18.2 Å². The summed E-state index contributed by atoms with van der Waals surface area (Å²) in [6, 6.07) is 31.6. The van der Waals surface area contributed by atoms with Crippen LogP contribution in [-0.2, 0) is 7.05 Å².